The Bertz CT molecular complexity index is 567. The number of allylic oxidation sites excluding steroid dienone is 2. The van der Waals surface area contributed by atoms with Crippen LogP contribution in [-0.2, 0) is 15.9 Å². The maximum Gasteiger partial charge on any atom is 0.118 e. The molecule has 3 heterocycles. The van der Waals surface area contributed by atoms with Crippen molar-refractivity contribution in [2.24, 2.45) is 0 Å². The molecule has 0 aliphatic carbocycles. The number of epoxide rings is 1. The second-order valence-corrected chi connectivity index (χ2v) is 7.76. The van der Waals surface area contributed by atoms with E-state index in [2.05, 4.69) is 6.08 Å². The van der Waals surface area contributed by atoms with E-state index in [9.17, 15) is 10.2 Å². The van der Waals surface area contributed by atoms with Crippen LogP contribution in [0.15, 0.2) is 34.7 Å². The zero-order valence-electron chi connectivity index (χ0n) is 15.2. The summed E-state index contributed by atoms with van der Waals surface area (Å²) < 4.78 is 17.0. The molecule has 4 atom stereocenters. The molecular weight excluding hydrogens is 320 g/mol. The summed E-state index contributed by atoms with van der Waals surface area (Å²) in [6.45, 7) is 4.30. The van der Waals surface area contributed by atoms with Crippen LogP contribution in [0.1, 0.15) is 51.5 Å². The third-order valence-electron chi connectivity index (χ3n) is 5.54. The van der Waals surface area contributed by atoms with E-state index < -0.39 is 5.60 Å². The van der Waals surface area contributed by atoms with Gasteiger partial charge in [-0.05, 0) is 64.0 Å². The Hall–Kier alpha value is -1.14. The summed E-state index contributed by atoms with van der Waals surface area (Å²) in [7, 11) is 0. The van der Waals surface area contributed by atoms with E-state index >= 15 is 0 Å². The van der Waals surface area contributed by atoms with Gasteiger partial charge in [0, 0.05) is 0 Å². The maximum absolute atomic E-state index is 10.8. The van der Waals surface area contributed by atoms with Gasteiger partial charge in [0.15, 0.2) is 0 Å². The fourth-order valence-corrected chi connectivity index (χ4v) is 3.80. The van der Waals surface area contributed by atoms with Crippen LogP contribution in [0.4, 0.5) is 0 Å². The van der Waals surface area contributed by atoms with Gasteiger partial charge in [-0.2, -0.15) is 0 Å². The molecule has 140 valence electrons. The summed E-state index contributed by atoms with van der Waals surface area (Å²) in [5, 5.41) is 20.5. The van der Waals surface area contributed by atoms with Crippen molar-refractivity contribution in [2.75, 3.05) is 13.2 Å². The molecule has 1 aromatic heterocycles. The quantitative estimate of drug-likeness (QED) is 0.557. The van der Waals surface area contributed by atoms with E-state index in [1.165, 1.54) is 11.1 Å². The number of aliphatic hydroxyl groups excluding tert-OH is 1. The summed E-state index contributed by atoms with van der Waals surface area (Å²) in [5.41, 5.74) is 1.05. The first-order chi connectivity index (χ1) is 12.0. The van der Waals surface area contributed by atoms with Gasteiger partial charge in [-0.15, -0.1) is 0 Å². The number of aliphatic hydroxyl groups is 2. The van der Waals surface area contributed by atoms with Crippen molar-refractivity contribution in [1.82, 2.24) is 0 Å². The molecule has 0 bridgehead atoms. The molecule has 2 saturated heterocycles. The second kappa shape index (κ2) is 7.62. The third kappa shape index (κ3) is 4.34. The Morgan fingerprint density at radius 1 is 1.44 bits per heavy atom. The summed E-state index contributed by atoms with van der Waals surface area (Å²) in [6, 6.07) is 1.98. The lowest BCUT2D eigenvalue weighted by molar-refractivity contribution is -0.162. The van der Waals surface area contributed by atoms with Crippen molar-refractivity contribution < 1.29 is 24.1 Å². The largest absolute Gasteiger partial charge is 0.472 e. The molecule has 5 nitrogen and oxygen atoms in total. The molecule has 2 aliphatic rings. The molecule has 1 spiro atoms. The van der Waals surface area contributed by atoms with Crippen molar-refractivity contribution in [2.45, 2.75) is 75.8 Å². The highest BCUT2D eigenvalue weighted by Crippen LogP contribution is 2.48. The van der Waals surface area contributed by atoms with Crippen LogP contribution in [0.3, 0.4) is 0 Å². The topological polar surface area (TPSA) is 75.4 Å². The Morgan fingerprint density at radius 3 is 2.88 bits per heavy atom. The highest BCUT2D eigenvalue weighted by atomic mass is 16.6. The van der Waals surface area contributed by atoms with Crippen LogP contribution in [0, 0.1) is 0 Å². The number of hydrogen-bond donors (Lipinski definition) is 2. The lowest BCUT2D eigenvalue weighted by Crippen LogP contribution is -2.51. The Balaban J connectivity index is 1.47. The van der Waals surface area contributed by atoms with Gasteiger partial charge in [-0.25, -0.2) is 0 Å². The minimum Gasteiger partial charge on any atom is -0.472 e. The molecule has 25 heavy (non-hydrogen) atoms. The van der Waals surface area contributed by atoms with Crippen molar-refractivity contribution >= 4 is 0 Å². The predicted octanol–water partition coefficient (Wildman–Crippen LogP) is 3.00. The molecule has 0 radical (unpaired) electrons. The van der Waals surface area contributed by atoms with Gasteiger partial charge in [0.1, 0.15) is 11.2 Å². The fraction of sp³-hybridized carbons (Fsp3) is 0.700. The highest BCUT2D eigenvalue weighted by molar-refractivity contribution is 5.11. The SMILES string of the molecule is CC(C)=CCC[C@](O)(CO)[C@H]1CC[C@@]2(CO1)O[C@@H]2CCc1ccoc1. The maximum atomic E-state index is 10.8. The lowest BCUT2D eigenvalue weighted by Gasteiger charge is -2.38. The van der Waals surface area contributed by atoms with E-state index in [-0.39, 0.29) is 24.4 Å². The fourth-order valence-electron chi connectivity index (χ4n) is 3.80. The Labute approximate surface area is 149 Å². The van der Waals surface area contributed by atoms with Crippen LogP contribution in [0.5, 0.6) is 0 Å². The van der Waals surface area contributed by atoms with Crippen molar-refractivity contribution in [3.05, 3.63) is 35.8 Å². The lowest BCUT2D eigenvalue weighted by atomic mass is 9.83. The number of aryl methyl sites for hydroxylation is 1. The molecule has 0 amide bonds. The number of ether oxygens (including phenoxy) is 2. The van der Waals surface area contributed by atoms with Crippen LogP contribution < -0.4 is 0 Å². The summed E-state index contributed by atoms with van der Waals surface area (Å²) >= 11 is 0. The van der Waals surface area contributed by atoms with Crippen molar-refractivity contribution in [3.63, 3.8) is 0 Å². The average Bonchev–Trinajstić information content (AvgIpc) is 3.02. The first-order valence-electron chi connectivity index (χ1n) is 9.24. The molecule has 1 aromatic rings. The highest BCUT2D eigenvalue weighted by Gasteiger charge is 2.59. The van der Waals surface area contributed by atoms with E-state index in [0.29, 0.717) is 19.4 Å². The van der Waals surface area contributed by atoms with Crippen LogP contribution in [0.25, 0.3) is 0 Å². The van der Waals surface area contributed by atoms with Crippen LogP contribution in [0.2, 0.25) is 0 Å². The monoisotopic (exact) mass is 350 g/mol. The minimum absolute atomic E-state index is 0.184. The zero-order valence-corrected chi connectivity index (χ0v) is 15.2. The van der Waals surface area contributed by atoms with Gasteiger partial charge in [-0.3, -0.25) is 0 Å². The van der Waals surface area contributed by atoms with Crippen molar-refractivity contribution in [3.8, 4) is 0 Å². The molecule has 0 unspecified atom stereocenters. The molecule has 2 fully saturated rings. The Morgan fingerprint density at radius 2 is 2.28 bits per heavy atom. The molecule has 0 saturated carbocycles. The normalized spacial score (nSPS) is 30.9. The van der Waals surface area contributed by atoms with Gasteiger partial charge >= 0.3 is 0 Å². The standard InChI is InChI=1S/C20H30O5/c1-15(2)4-3-9-19(22,13-21)17-7-10-20(14-24-17)18(25-20)6-5-16-8-11-23-12-16/h4,8,11-12,17-18,21-22H,3,5-7,9-10,13-14H2,1-2H3/t17-,18-,19+,20+/m1/s1. The van der Waals surface area contributed by atoms with Crippen LogP contribution in [-0.4, -0.2) is 46.8 Å². The van der Waals surface area contributed by atoms with E-state index in [1.54, 1.807) is 12.5 Å². The summed E-state index contributed by atoms with van der Waals surface area (Å²) in [4.78, 5) is 0. The summed E-state index contributed by atoms with van der Waals surface area (Å²) in [6.07, 6.45) is 10.2. The molecule has 3 rings (SSSR count). The minimum atomic E-state index is -1.17. The smallest absolute Gasteiger partial charge is 0.118 e. The zero-order chi connectivity index (χ0) is 17.9. The van der Waals surface area contributed by atoms with E-state index in [1.807, 2.05) is 19.9 Å². The molecule has 2 N–H and O–H groups in total. The van der Waals surface area contributed by atoms with E-state index in [4.69, 9.17) is 13.9 Å². The second-order valence-electron chi connectivity index (χ2n) is 7.76. The number of furan rings is 1. The van der Waals surface area contributed by atoms with Gasteiger partial charge in [0.25, 0.3) is 0 Å². The first-order valence-corrected chi connectivity index (χ1v) is 9.24. The molecular formula is C20H30O5. The predicted molar refractivity (Wildman–Crippen MR) is 94.3 cm³/mol. The first kappa shape index (κ1) is 18.6. The third-order valence-corrected chi connectivity index (χ3v) is 5.54. The molecule has 5 heteroatoms. The van der Waals surface area contributed by atoms with E-state index in [0.717, 1.165) is 25.7 Å². The summed E-state index contributed by atoms with van der Waals surface area (Å²) in [5.74, 6) is 0. The van der Waals surface area contributed by atoms with Gasteiger partial charge in [0.2, 0.25) is 0 Å². The average molecular weight is 350 g/mol. The van der Waals surface area contributed by atoms with Crippen molar-refractivity contribution in [1.29, 1.82) is 0 Å². The van der Waals surface area contributed by atoms with Gasteiger partial charge in [0.05, 0.1) is 37.9 Å². The number of rotatable bonds is 8. The molecule has 0 aromatic carbocycles. The molecule has 2 aliphatic heterocycles. The van der Waals surface area contributed by atoms with Crippen LogP contribution >= 0.6 is 0 Å². The van der Waals surface area contributed by atoms with Gasteiger partial charge in [-0.1, -0.05) is 11.6 Å². The Kier molecular flexibility index (Phi) is 5.68. The van der Waals surface area contributed by atoms with Gasteiger partial charge < -0.3 is 24.1 Å². The number of hydrogen-bond acceptors (Lipinski definition) is 5.